The van der Waals surface area contributed by atoms with E-state index in [1.54, 1.807) is 60.8 Å². The second kappa shape index (κ2) is 13.1. The third-order valence-electron chi connectivity index (χ3n) is 6.03. The molecule has 1 aliphatic heterocycles. The molecule has 3 N–H and O–H groups in total. The number of thioether (sulfide) groups is 1. The number of carboxylic acid groups (broad SMARTS) is 1. The van der Waals surface area contributed by atoms with Gasteiger partial charge in [-0.3, -0.25) is 29.6 Å². The summed E-state index contributed by atoms with van der Waals surface area (Å²) in [6, 6.07) is 12.4. The lowest BCUT2D eigenvalue weighted by atomic mass is 10.0. The first kappa shape index (κ1) is 28.6. The Morgan fingerprint density at radius 3 is 2.36 bits per heavy atom. The molecule has 2 atom stereocenters. The van der Waals surface area contributed by atoms with Gasteiger partial charge in [-0.25, -0.2) is 4.79 Å². The van der Waals surface area contributed by atoms with Crippen molar-refractivity contribution in [1.29, 1.82) is 0 Å². The summed E-state index contributed by atoms with van der Waals surface area (Å²) in [7, 11) is 0. The van der Waals surface area contributed by atoms with Crippen molar-refractivity contribution in [2.45, 2.75) is 24.9 Å². The van der Waals surface area contributed by atoms with Crippen molar-refractivity contribution in [3.05, 3.63) is 93.7 Å². The number of nitrogens with one attached hydrogen (secondary N) is 2. The lowest BCUT2D eigenvalue weighted by molar-refractivity contribution is -0.158. The van der Waals surface area contributed by atoms with Crippen molar-refractivity contribution < 1.29 is 24.3 Å². The van der Waals surface area contributed by atoms with E-state index in [1.807, 2.05) is 0 Å². The van der Waals surface area contributed by atoms with Gasteiger partial charge in [0.05, 0.1) is 28.1 Å². The van der Waals surface area contributed by atoms with Crippen molar-refractivity contribution >= 4 is 64.3 Å². The summed E-state index contributed by atoms with van der Waals surface area (Å²) in [5.41, 5.74) is 1.68. The molecule has 0 bridgehead atoms. The number of benzene rings is 2. The van der Waals surface area contributed by atoms with Crippen LogP contribution in [0.4, 0.5) is 5.69 Å². The molecule has 1 aromatic heterocycles. The molecule has 2 aromatic carbocycles. The Hall–Kier alpha value is -3.44. The Morgan fingerprint density at radius 2 is 1.77 bits per heavy atom. The molecule has 0 spiro atoms. The first-order valence-corrected chi connectivity index (χ1v) is 13.8. The van der Waals surface area contributed by atoms with Crippen LogP contribution in [0.25, 0.3) is 0 Å². The fraction of sp³-hybridized carbons (Fsp3) is 0.222. The average Bonchev–Trinajstić information content (AvgIpc) is 3.45. The van der Waals surface area contributed by atoms with Crippen LogP contribution in [-0.4, -0.2) is 62.4 Å². The molecule has 9 nitrogen and oxygen atoms in total. The molecule has 4 rings (SSSR count). The van der Waals surface area contributed by atoms with Gasteiger partial charge in [0.15, 0.2) is 0 Å². The standard InChI is InChI=1S/C27H24Cl2N4O5S/c28-19-4-1-5-20(29)24(19)25(35)32-18-8-6-16(7-9-18)11-22(27(37)38)33(26(36)21-14-39-15-31-21)23(34)12-17-3-2-10-30-13-17/h1-10,13,21-22,31H,11-12,14-15H2,(H,32,35)(H,37,38)/t21-,22-/m0/s1. The summed E-state index contributed by atoms with van der Waals surface area (Å²) >= 11 is 13.7. The molecule has 0 aliphatic carbocycles. The van der Waals surface area contributed by atoms with Crippen molar-refractivity contribution in [2.24, 2.45) is 0 Å². The minimum Gasteiger partial charge on any atom is -0.480 e. The third kappa shape index (κ3) is 7.15. The number of imide groups is 1. The largest absolute Gasteiger partial charge is 0.480 e. The van der Waals surface area contributed by atoms with Crippen molar-refractivity contribution in [3.63, 3.8) is 0 Å². The van der Waals surface area contributed by atoms with Gasteiger partial charge in [-0.15, -0.1) is 11.8 Å². The first-order valence-electron chi connectivity index (χ1n) is 11.9. The van der Waals surface area contributed by atoms with Gasteiger partial charge in [-0.2, -0.15) is 0 Å². The minimum absolute atomic E-state index is 0.121. The van der Waals surface area contributed by atoms with Crippen LogP contribution in [-0.2, 0) is 27.2 Å². The number of carbonyl (C=O) groups excluding carboxylic acids is 3. The SMILES string of the molecule is O=C(Nc1ccc(C[C@@H](C(=O)O)N(C(=O)Cc2cccnc2)C(=O)[C@@H]2CSCN2)cc1)c1c(Cl)cccc1Cl. The highest BCUT2D eigenvalue weighted by atomic mass is 35.5. The Morgan fingerprint density at radius 1 is 1.05 bits per heavy atom. The van der Waals surface area contributed by atoms with Gasteiger partial charge in [-0.05, 0) is 41.5 Å². The summed E-state index contributed by atoms with van der Waals surface area (Å²) in [6.07, 6.45) is 2.78. The van der Waals surface area contributed by atoms with Crippen LogP contribution in [0.3, 0.4) is 0 Å². The highest BCUT2D eigenvalue weighted by Gasteiger charge is 2.39. The van der Waals surface area contributed by atoms with E-state index in [1.165, 1.54) is 18.0 Å². The average molecular weight is 587 g/mol. The number of rotatable bonds is 9. The van der Waals surface area contributed by atoms with Crippen LogP contribution in [0.15, 0.2) is 67.0 Å². The molecular formula is C27H24Cl2N4O5S. The van der Waals surface area contributed by atoms with Gasteiger partial charge < -0.3 is 10.4 Å². The van der Waals surface area contributed by atoms with Crippen LogP contribution < -0.4 is 10.6 Å². The van der Waals surface area contributed by atoms with Gasteiger partial charge in [0.25, 0.3) is 5.91 Å². The quantitative estimate of drug-likeness (QED) is 0.344. The van der Waals surface area contributed by atoms with E-state index in [2.05, 4.69) is 15.6 Å². The second-order valence-electron chi connectivity index (χ2n) is 8.72. The monoisotopic (exact) mass is 586 g/mol. The Bertz CT molecular complexity index is 1350. The second-order valence-corrected chi connectivity index (χ2v) is 10.6. The third-order valence-corrected chi connectivity index (χ3v) is 7.60. The highest BCUT2D eigenvalue weighted by molar-refractivity contribution is 7.99. The van der Waals surface area contributed by atoms with Crippen molar-refractivity contribution in [1.82, 2.24) is 15.2 Å². The molecule has 2 heterocycles. The minimum atomic E-state index is -1.43. The predicted molar refractivity (Wildman–Crippen MR) is 150 cm³/mol. The van der Waals surface area contributed by atoms with E-state index >= 15 is 0 Å². The maximum atomic E-state index is 13.4. The maximum Gasteiger partial charge on any atom is 0.327 e. The summed E-state index contributed by atoms with van der Waals surface area (Å²) in [6.45, 7) is 0. The molecule has 12 heteroatoms. The van der Waals surface area contributed by atoms with Crippen LogP contribution in [0.5, 0.6) is 0 Å². The summed E-state index contributed by atoms with van der Waals surface area (Å²) in [5, 5.41) is 16.2. The van der Waals surface area contributed by atoms with E-state index in [-0.39, 0.29) is 28.5 Å². The smallest absolute Gasteiger partial charge is 0.327 e. The summed E-state index contributed by atoms with van der Waals surface area (Å²) < 4.78 is 0. The van der Waals surface area contributed by atoms with E-state index < -0.39 is 35.8 Å². The zero-order valence-electron chi connectivity index (χ0n) is 20.5. The molecule has 0 saturated carbocycles. The fourth-order valence-electron chi connectivity index (χ4n) is 4.08. The highest BCUT2D eigenvalue weighted by Crippen LogP contribution is 2.26. The number of halogens is 2. The number of pyridine rings is 1. The number of hydrogen-bond acceptors (Lipinski definition) is 7. The number of nitrogens with zero attached hydrogens (tertiary/aromatic N) is 2. The summed E-state index contributed by atoms with van der Waals surface area (Å²) in [4.78, 5) is 56.6. The molecular weight excluding hydrogens is 563 g/mol. The Labute approximate surface area is 238 Å². The van der Waals surface area contributed by atoms with Gasteiger partial charge in [0.1, 0.15) is 6.04 Å². The summed E-state index contributed by atoms with van der Waals surface area (Å²) in [5.74, 6) is -2.04. The number of carbonyl (C=O) groups is 4. The van der Waals surface area contributed by atoms with Gasteiger partial charge >= 0.3 is 5.97 Å². The normalized spacial score (nSPS) is 15.4. The number of aliphatic carboxylic acids is 1. The Balaban J connectivity index is 1.53. The molecule has 3 aromatic rings. The predicted octanol–water partition coefficient (Wildman–Crippen LogP) is 3.90. The van der Waals surface area contributed by atoms with Crippen LogP contribution in [0, 0.1) is 0 Å². The van der Waals surface area contributed by atoms with Gasteiger partial charge in [0, 0.05) is 36.1 Å². The molecule has 0 unspecified atom stereocenters. The van der Waals surface area contributed by atoms with Gasteiger partial charge in [0.2, 0.25) is 11.8 Å². The maximum absolute atomic E-state index is 13.4. The van der Waals surface area contributed by atoms with E-state index in [4.69, 9.17) is 23.2 Å². The molecule has 1 saturated heterocycles. The lowest BCUT2D eigenvalue weighted by Gasteiger charge is -2.29. The van der Waals surface area contributed by atoms with Crippen LogP contribution in [0.2, 0.25) is 10.0 Å². The van der Waals surface area contributed by atoms with E-state index in [0.29, 0.717) is 28.4 Å². The van der Waals surface area contributed by atoms with E-state index in [0.717, 1.165) is 4.90 Å². The van der Waals surface area contributed by atoms with Crippen LogP contribution >= 0.6 is 35.0 Å². The topological polar surface area (TPSA) is 129 Å². The molecule has 1 fully saturated rings. The number of anilines is 1. The lowest BCUT2D eigenvalue weighted by Crippen LogP contribution is -2.55. The Kier molecular flexibility index (Phi) is 9.58. The van der Waals surface area contributed by atoms with Crippen molar-refractivity contribution in [2.75, 3.05) is 16.9 Å². The number of hydrogen-bond donors (Lipinski definition) is 3. The zero-order valence-corrected chi connectivity index (χ0v) is 22.8. The molecule has 0 radical (unpaired) electrons. The molecule has 202 valence electrons. The zero-order chi connectivity index (χ0) is 27.9. The van der Waals surface area contributed by atoms with Crippen molar-refractivity contribution in [3.8, 4) is 0 Å². The van der Waals surface area contributed by atoms with Gasteiger partial charge in [-0.1, -0.05) is 47.5 Å². The number of amides is 3. The number of aromatic nitrogens is 1. The first-order chi connectivity index (χ1) is 18.7. The molecule has 3 amide bonds. The van der Waals surface area contributed by atoms with Crippen LogP contribution in [0.1, 0.15) is 21.5 Å². The fourth-order valence-corrected chi connectivity index (χ4v) is 5.58. The molecule has 1 aliphatic rings. The number of carboxylic acids is 1. The molecule has 39 heavy (non-hydrogen) atoms. The van der Waals surface area contributed by atoms with E-state index in [9.17, 15) is 24.3 Å².